The van der Waals surface area contributed by atoms with Crippen LogP contribution >= 0.6 is 0 Å². The van der Waals surface area contributed by atoms with Crippen LogP contribution < -0.4 is 11.1 Å². The molecule has 3 rings (SSSR count). The summed E-state index contributed by atoms with van der Waals surface area (Å²) in [6, 6.07) is 1.57. The quantitative estimate of drug-likeness (QED) is 0.778. The molecular weight excluding hydrogens is 200 g/mol. The van der Waals surface area contributed by atoms with E-state index >= 15 is 0 Å². The second kappa shape index (κ2) is 3.86. The summed E-state index contributed by atoms with van der Waals surface area (Å²) in [5.74, 6) is 0. The lowest BCUT2D eigenvalue weighted by molar-refractivity contribution is 0.256. The van der Waals surface area contributed by atoms with Crippen molar-refractivity contribution in [3.63, 3.8) is 0 Å². The zero-order valence-corrected chi connectivity index (χ0v) is 9.82. The van der Waals surface area contributed by atoms with Gasteiger partial charge in [0.1, 0.15) is 0 Å². The number of hydrogen-bond donors (Lipinski definition) is 2. The van der Waals surface area contributed by atoms with Crippen LogP contribution in [-0.2, 0) is 13.5 Å². The predicted octanol–water partition coefficient (Wildman–Crippen LogP) is 0.877. The highest BCUT2D eigenvalue weighted by Gasteiger charge is 2.30. The molecule has 0 saturated heterocycles. The van der Waals surface area contributed by atoms with Crippen molar-refractivity contribution in [3.8, 4) is 0 Å². The van der Waals surface area contributed by atoms with Crippen LogP contribution in [0.4, 0.5) is 0 Å². The van der Waals surface area contributed by atoms with Crippen molar-refractivity contribution in [3.05, 3.63) is 17.5 Å². The van der Waals surface area contributed by atoms with Gasteiger partial charge in [0.25, 0.3) is 0 Å². The van der Waals surface area contributed by atoms with Crippen LogP contribution in [0.2, 0.25) is 0 Å². The molecule has 0 aromatic carbocycles. The first-order chi connectivity index (χ1) is 7.74. The fourth-order valence-electron chi connectivity index (χ4n) is 2.96. The molecule has 1 aromatic rings. The van der Waals surface area contributed by atoms with E-state index in [4.69, 9.17) is 5.73 Å². The topological polar surface area (TPSA) is 55.9 Å². The Morgan fingerprint density at radius 3 is 3.06 bits per heavy atom. The van der Waals surface area contributed by atoms with Crippen molar-refractivity contribution in [1.29, 1.82) is 0 Å². The first-order valence-corrected chi connectivity index (χ1v) is 6.26. The molecule has 0 spiro atoms. The van der Waals surface area contributed by atoms with Crippen LogP contribution in [0.1, 0.15) is 43.0 Å². The lowest BCUT2D eigenvalue weighted by atomic mass is 9.85. The Morgan fingerprint density at radius 2 is 2.31 bits per heavy atom. The molecule has 2 aliphatic carbocycles. The molecule has 1 aromatic heterocycles. The minimum Gasteiger partial charge on any atom is -0.328 e. The van der Waals surface area contributed by atoms with Crippen molar-refractivity contribution in [1.82, 2.24) is 15.1 Å². The van der Waals surface area contributed by atoms with Gasteiger partial charge in [-0.15, -0.1) is 0 Å². The van der Waals surface area contributed by atoms with E-state index < -0.39 is 0 Å². The first kappa shape index (κ1) is 10.3. The second-order valence-corrected chi connectivity index (χ2v) is 5.21. The summed E-state index contributed by atoms with van der Waals surface area (Å²) in [6.07, 6.45) is 7.98. The van der Waals surface area contributed by atoms with Crippen molar-refractivity contribution >= 4 is 0 Å². The zero-order valence-electron chi connectivity index (χ0n) is 9.82. The summed E-state index contributed by atoms with van der Waals surface area (Å²) < 4.78 is 2.02. The average molecular weight is 220 g/mol. The Bertz CT molecular complexity index is 378. The van der Waals surface area contributed by atoms with Gasteiger partial charge in [0, 0.05) is 36.4 Å². The molecule has 1 heterocycles. The van der Waals surface area contributed by atoms with Gasteiger partial charge in [-0.2, -0.15) is 5.10 Å². The molecule has 88 valence electrons. The smallest absolute Gasteiger partial charge is 0.0540 e. The monoisotopic (exact) mass is 220 g/mol. The van der Waals surface area contributed by atoms with Gasteiger partial charge in [0.05, 0.1) is 6.20 Å². The highest BCUT2D eigenvalue weighted by molar-refractivity contribution is 5.25. The molecule has 0 amide bonds. The maximum Gasteiger partial charge on any atom is 0.0540 e. The van der Waals surface area contributed by atoms with Gasteiger partial charge in [0.15, 0.2) is 0 Å². The van der Waals surface area contributed by atoms with E-state index in [-0.39, 0.29) is 0 Å². The van der Waals surface area contributed by atoms with E-state index in [1.54, 1.807) is 0 Å². The van der Waals surface area contributed by atoms with Crippen molar-refractivity contribution in [2.45, 2.75) is 50.2 Å². The lowest BCUT2D eigenvalue weighted by Gasteiger charge is -2.37. The molecule has 4 nitrogen and oxygen atoms in total. The molecule has 2 aliphatic rings. The third kappa shape index (κ3) is 1.66. The maximum atomic E-state index is 5.82. The highest BCUT2D eigenvalue weighted by Crippen LogP contribution is 2.31. The van der Waals surface area contributed by atoms with Gasteiger partial charge >= 0.3 is 0 Å². The van der Waals surface area contributed by atoms with Gasteiger partial charge in [-0.25, -0.2) is 0 Å². The van der Waals surface area contributed by atoms with E-state index in [9.17, 15) is 0 Å². The van der Waals surface area contributed by atoms with E-state index in [1.807, 2.05) is 17.9 Å². The number of nitrogens with one attached hydrogen (secondary N) is 1. The van der Waals surface area contributed by atoms with Crippen molar-refractivity contribution in [2.24, 2.45) is 12.8 Å². The van der Waals surface area contributed by atoms with Crippen molar-refractivity contribution < 1.29 is 0 Å². The second-order valence-electron chi connectivity index (χ2n) is 5.21. The summed E-state index contributed by atoms with van der Waals surface area (Å²) in [5, 5.41) is 8.09. The number of nitrogens with zero attached hydrogens (tertiary/aromatic N) is 2. The van der Waals surface area contributed by atoms with Gasteiger partial charge < -0.3 is 11.1 Å². The third-order valence-electron chi connectivity index (χ3n) is 3.99. The summed E-state index contributed by atoms with van der Waals surface area (Å²) in [7, 11) is 2.04. The maximum absolute atomic E-state index is 5.82. The Morgan fingerprint density at radius 1 is 1.50 bits per heavy atom. The summed E-state index contributed by atoms with van der Waals surface area (Å²) in [6.45, 7) is 0. The van der Waals surface area contributed by atoms with Crippen LogP contribution in [-0.4, -0.2) is 21.9 Å². The molecule has 1 atom stereocenters. The van der Waals surface area contributed by atoms with Crippen LogP contribution in [0, 0.1) is 0 Å². The largest absolute Gasteiger partial charge is 0.328 e. The number of aromatic nitrogens is 2. The van der Waals surface area contributed by atoms with E-state index in [0.29, 0.717) is 18.1 Å². The van der Waals surface area contributed by atoms with E-state index in [0.717, 1.165) is 12.8 Å². The molecule has 0 radical (unpaired) electrons. The number of nitrogens with two attached hydrogens (primary N) is 1. The molecule has 16 heavy (non-hydrogen) atoms. The van der Waals surface area contributed by atoms with Gasteiger partial charge in [0.2, 0.25) is 0 Å². The minimum atomic E-state index is 0.425. The molecule has 0 bridgehead atoms. The summed E-state index contributed by atoms with van der Waals surface area (Å²) >= 11 is 0. The SMILES string of the molecule is Cn1ncc2c1CCCC2NC1CC(N)C1. The molecule has 3 N–H and O–H groups in total. The predicted molar refractivity (Wildman–Crippen MR) is 63.0 cm³/mol. The fraction of sp³-hybridized carbons (Fsp3) is 0.750. The summed E-state index contributed by atoms with van der Waals surface area (Å²) in [5.41, 5.74) is 8.64. The Balaban J connectivity index is 1.72. The standard InChI is InChI=1S/C12H20N4/c1-16-12-4-2-3-11(10(12)7-14-16)15-9-5-8(13)6-9/h7-9,11,15H,2-6,13H2,1H3. The Labute approximate surface area is 96.2 Å². The normalized spacial score (nSPS) is 33.2. The van der Waals surface area contributed by atoms with Gasteiger partial charge in [-0.1, -0.05) is 0 Å². The van der Waals surface area contributed by atoms with Crippen molar-refractivity contribution in [2.75, 3.05) is 0 Å². The van der Waals surface area contributed by atoms with E-state index in [1.165, 1.54) is 30.5 Å². The molecule has 1 saturated carbocycles. The molecule has 4 heteroatoms. The number of fused-ring (bicyclic) bond motifs is 1. The highest BCUT2D eigenvalue weighted by atomic mass is 15.3. The van der Waals surface area contributed by atoms with E-state index in [2.05, 4.69) is 10.4 Å². The number of rotatable bonds is 2. The molecule has 1 fully saturated rings. The van der Waals surface area contributed by atoms with Crippen LogP contribution in [0.5, 0.6) is 0 Å². The molecule has 0 aliphatic heterocycles. The zero-order chi connectivity index (χ0) is 11.1. The fourth-order valence-corrected chi connectivity index (χ4v) is 2.96. The summed E-state index contributed by atoms with van der Waals surface area (Å²) in [4.78, 5) is 0. The molecule has 1 unspecified atom stereocenters. The Kier molecular flexibility index (Phi) is 2.48. The number of aryl methyl sites for hydroxylation is 1. The van der Waals surface area contributed by atoms with Crippen LogP contribution in [0.3, 0.4) is 0 Å². The third-order valence-corrected chi connectivity index (χ3v) is 3.99. The molecular formula is C12H20N4. The number of hydrogen-bond acceptors (Lipinski definition) is 3. The first-order valence-electron chi connectivity index (χ1n) is 6.26. The van der Waals surface area contributed by atoms with Gasteiger partial charge in [-0.3, -0.25) is 4.68 Å². The van der Waals surface area contributed by atoms with Crippen LogP contribution in [0.25, 0.3) is 0 Å². The average Bonchev–Trinajstić information content (AvgIpc) is 2.60. The Hall–Kier alpha value is -0.870. The van der Waals surface area contributed by atoms with Gasteiger partial charge in [-0.05, 0) is 32.1 Å². The lowest BCUT2D eigenvalue weighted by Crippen LogP contribution is -2.49. The van der Waals surface area contributed by atoms with Crippen LogP contribution in [0.15, 0.2) is 6.20 Å². The minimum absolute atomic E-state index is 0.425.